The summed E-state index contributed by atoms with van der Waals surface area (Å²) in [6.45, 7) is 7.50. The van der Waals surface area contributed by atoms with Gasteiger partial charge in [-0.15, -0.1) is 0 Å². The molecule has 16 heavy (non-hydrogen) atoms. The van der Waals surface area contributed by atoms with E-state index in [0.29, 0.717) is 23.6 Å². The van der Waals surface area contributed by atoms with E-state index in [1.165, 1.54) is 19.3 Å². The summed E-state index contributed by atoms with van der Waals surface area (Å²) in [6, 6.07) is 1.32. The van der Waals surface area contributed by atoms with Crippen molar-refractivity contribution in [3.8, 4) is 0 Å². The molecule has 0 spiro atoms. The summed E-state index contributed by atoms with van der Waals surface area (Å²) in [5, 5.41) is 3.86. The van der Waals surface area contributed by atoms with Gasteiger partial charge in [0.15, 0.2) is 0 Å². The van der Waals surface area contributed by atoms with Gasteiger partial charge in [0.05, 0.1) is 6.10 Å². The Labute approximate surface area is 97.9 Å². The minimum absolute atomic E-state index is 0.319. The van der Waals surface area contributed by atoms with Crippen molar-refractivity contribution in [2.75, 3.05) is 19.8 Å². The zero-order chi connectivity index (χ0) is 11.2. The first kappa shape index (κ1) is 11.0. The van der Waals surface area contributed by atoms with Crippen LogP contribution in [0.25, 0.3) is 0 Å². The van der Waals surface area contributed by atoms with Crippen LogP contribution in [0, 0.1) is 11.3 Å². The van der Waals surface area contributed by atoms with Gasteiger partial charge in [0.2, 0.25) is 0 Å². The lowest BCUT2D eigenvalue weighted by Gasteiger charge is -2.56. The molecular formula is C13H23NO2. The fourth-order valence-electron chi connectivity index (χ4n) is 3.78. The Hall–Kier alpha value is -0.120. The van der Waals surface area contributed by atoms with E-state index in [1.54, 1.807) is 0 Å². The van der Waals surface area contributed by atoms with Gasteiger partial charge in [0.25, 0.3) is 0 Å². The SMILES string of the molecule is CC1(C)C(NC2CCOCC2)C2CCOC21. The van der Waals surface area contributed by atoms with Gasteiger partial charge in [-0.05, 0) is 19.3 Å². The molecule has 3 unspecified atom stereocenters. The highest BCUT2D eigenvalue weighted by atomic mass is 16.5. The Morgan fingerprint density at radius 2 is 1.81 bits per heavy atom. The van der Waals surface area contributed by atoms with Crippen LogP contribution in [0.5, 0.6) is 0 Å². The molecular weight excluding hydrogens is 202 g/mol. The molecule has 3 heteroatoms. The molecule has 1 N–H and O–H groups in total. The molecule has 3 nitrogen and oxygen atoms in total. The number of hydrogen-bond donors (Lipinski definition) is 1. The molecule has 0 aromatic heterocycles. The molecule has 3 fully saturated rings. The Kier molecular flexibility index (Phi) is 2.73. The van der Waals surface area contributed by atoms with Crippen LogP contribution < -0.4 is 5.32 Å². The summed E-state index contributed by atoms with van der Waals surface area (Å²) in [6.07, 6.45) is 4.09. The van der Waals surface area contributed by atoms with E-state index in [9.17, 15) is 0 Å². The minimum atomic E-state index is 0.319. The third-order valence-corrected chi connectivity index (χ3v) is 4.74. The van der Waals surface area contributed by atoms with E-state index in [0.717, 1.165) is 25.7 Å². The molecule has 3 atom stereocenters. The summed E-state index contributed by atoms with van der Waals surface area (Å²) < 4.78 is 11.2. The first-order valence-electron chi connectivity index (χ1n) is 6.65. The van der Waals surface area contributed by atoms with Crippen LogP contribution in [0.4, 0.5) is 0 Å². The first-order chi connectivity index (χ1) is 7.69. The van der Waals surface area contributed by atoms with E-state index >= 15 is 0 Å². The molecule has 1 aliphatic carbocycles. The normalized spacial score (nSPS) is 42.8. The fraction of sp³-hybridized carbons (Fsp3) is 1.00. The van der Waals surface area contributed by atoms with Crippen molar-refractivity contribution in [3.05, 3.63) is 0 Å². The van der Waals surface area contributed by atoms with E-state index in [-0.39, 0.29) is 0 Å². The van der Waals surface area contributed by atoms with Crippen LogP contribution in [-0.4, -0.2) is 38.0 Å². The van der Waals surface area contributed by atoms with Gasteiger partial charge >= 0.3 is 0 Å². The maximum absolute atomic E-state index is 5.82. The van der Waals surface area contributed by atoms with Crippen molar-refractivity contribution in [2.45, 2.75) is 51.3 Å². The van der Waals surface area contributed by atoms with E-state index in [2.05, 4.69) is 19.2 Å². The van der Waals surface area contributed by atoms with Gasteiger partial charge in [0, 0.05) is 43.2 Å². The van der Waals surface area contributed by atoms with Crippen LogP contribution in [0.15, 0.2) is 0 Å². The molecule has 0 bridgehead atoms. The zero-order valence-corrected chi connectivity index (χ0v) is 10.4. The lowest BCUT2D eigenvalue weighted by Crippen LogP contribution is -2.67. The first-order valence-corrected chi connectivity index (χ1v) is 6.65. The van der Waals surface area contributed by atoms with Crippen molar-refractivity contribution in [2.24, 2.45) is 11.3 Å². The predicted molar refractivity (Wildman–Crippen MR) is 62.4 cm³/mol. The predicted octanol–water partition coefficient (Wildman–Crippen LogP) is 1.57. The van der Waals surface area contributed by atoms with Crippen LogP contribution in [-0.2, 0) is 9.47 Å². The number of nitrogens with one attached hydrogen (secondary N) is 1. The minimum Gasteiger partial charge on any atom is -0.381 e. The Bertz CT molecular complexity index is 261. The molecule has 0 aromatic carbocycles. The van der Waals surface area contributed by atoms with Gasteiger partial charge in [0.1, 0.15) is 0 Å². The van der Waals surface area contributed by atoms with Crippen molar-refractivity contribution in [3.63, 3.8) is 0 Å². The highest BCUT2D eigenvalue weighted by Crippen LogP contribution is 2.52. The third-order valence-electron chi connectivity index (χ3n) is 4.74. The Balaban J connectivity index is 1.61. The summed E-state index contributed by atoms with van der Waals surface area (Å²) >= 11 is 0. The van der Waals surface area contributed by atoms with E-state index in [1.807, 2.05) is 0 Å². The largest absolute Gasteiger partial charge is 0.381 e. The summed E-state index contributed by atoms with van der Waals surface area (Å²) in [5.41, 5.74) is 0.319. The molecule has 0 amide bonds. The van der Waals surface area contributed by atoms with Crippen LogP contribution >= 0.6 is 0 Å². The molecule has 0 radical (unpaired) electrons. The zero-order valence-electron chi connectivity index (χ0n) is 10.4. The highest BCUT2D eigenvalue weighted by molar-refractivity contribution is 5.11. The number of hydrogen-bond acceptors (Lipinski definition) is 3. The smallest absolute Gasteiger partial charge is 0.0685 e. The monoisotopic (exact) mass is 225 g/mol. The molecule has 92 valence electrons. The average Bonchev–Trinajstić information content (AvgIpc) is 2.74. The van der Waals surface area contributed by atoms with Crippen LogP contribution in [0.3, 0.4) is 0 Å². The van der Waals surface area contributed by atoms with Gasteiger partial charge in [-0.2, -0.15) is 0 Å². The average molecular weight is 225 g/mol. The maximum atomic E-state index is 5.82. The van der Waals surface area contributed by atoms with E-state index < -0.39 is 0 Å². The van der Waals surface area contributed by atoms with Crippen molar-refractivity contribution >= 4 is 0 Å². The number of fused-ring (bicyclic) bond motifs is 1. The lowest BCUT2D eigenvalue weighted by molar-refractivity contribution is -0.118. The Morgan fingerprint density at radius 3 is 2.56 bits per heavy atom. The summed E-state index contributed by atoms with van der Waals surface area (Å²) in [5.74, 6) is 0.762. The molecule has 1 saturated carbocycles. The van der Waals surface area contributed by atoms with E-state index in [4.69, 9.17) is 9.47 Å². The number of rotatable bonds is 2. The second-order valence-corrected chi connectivity index (χ2v) is 6.10. The van der Waals surface area contributed by atoms with Crippen LogP contribution in [0.2, 0.25) is 0 Å². The second-order valence-electron chi connectivity index (χ2n) is 6.10. The molecule has 2 aliphatic heterocycles. The quantitative estimate of drug-likeness (QED) is 0.774. The third kappa shape index (κ3) is 1.60. The molecule has 3 rings (SSSR count). The molecule has 3 aliphatic rings. The van der Waals surface area contributed by atoms with Crippen molar-refractivity contribution < 1.29 is 9.47 Å². The Morgan fingerprint density at radius 1 is 1.06 bits per heavy atom. The molecule has 2 saturated heterocycles. The maximum Gasteiger partial charge on any atom is 0.0685 e. The summed E-state index contributed by atoms with van der Waals surface area (Å²) in [7, 11) is 0. The summed E-state index contributed by atoms with van der Waals surface area (Å²) in [4.78, 5) is 0. The molecule has 2 heterocycles. The van der Waals surface area contributed by atoms with Crippen LogP contribution in [0.1, 0.15) is 33.1 Å². The van der Waals surface area contributed by atoms with Crippen molar-refractivity contribution in [1.29, 1.82) is 0 Å². The van der Waals surface area contributed by atoms with Gasteiger partial charge in [-0.1, -0.05) is 13.8 Å². The van der Waals surface area contributed by atoms with Gasteiger partial charge in [-0.3, -0.25) is 0 Å². The standard InChI is InChI=1S/C13H23NO2/c1-13(2)11(10-5-8-16-12(10)13)14-9-3-6-15-7-4-9/h9-12,14H,3-8H2,1-2H3. The van der Waals surface area contributed by atoms with Gasteiger partial charge in [-0.25, -0.2) is 0 Å². The topological polar surface area (TPSA) is 30.5 Å². The lowest BCUT2D eigenvalue weighted by atomic mass is 9.57. The molecule has 0 aromatic rings. The second kappa shape index (κ2) is 3.97. The van der Waals surface area contributed by atoms with Crippen molar-refractivity contribution in [1.82, 2.24) is 5.32 Å². The highest BCUT2D eigenvalue weighted by Gasteiger charge is 2.59. The van der Waals surface area contributed by atoms with Gasteiger partial charge < -0.3 is 14.8 Å². The fourth-order valence-corrected chi connectivity index (χ4v) is 3.78. The number of ether oxygens (including phenoxy) is 2.